The zero-order valence-electron chi connectivity index (χ0n) is 16.6. The van der Waals surface area contributed by atoms with E-state index in [0.29, 0.717) is 6.54 Å². The van der Waals surface area contributed by atoms with Crippen LogP contribution < -0.4 is 21.3 Å². The Labute approximate surface area is 171 Å². The molecule has 1 atom stereocenters. The number of nitrogens with zero attached hydrogens (tertiary/aromatic N) is 1. The molecule has 4 rings (SSSR count). The Kier molecular flexibility index (Phi) is 5.53. The van der Waals surface area contributed by atoms with Crippen molar-refractivity contribution in [2.45, 2.75) is 25.8 Å². The Morgan fingerprint density at radius 1 is 1.10 bits per heavy atom. The van der Waals surface area contributed by atoms with E-state index in [-0.39, 0.29) is 29.7 Å². The van der Waals surface area contributed by atoms with Crippen molar-refractivity contribution in [3.63, 3.8) is 0 Å². The molecule has 1 unspecified atom stereocenters. The molecule has 1 saturated carbocycles. The number of primary amides is 1. The summed E-state index contributed by atoms with van der Waals surface area (Å²) < 4.78 is 0. The first-order valence-corrected chi connectivity index (χ1v) is 10.2. The van der Waals surface area contributed by atoms with Crippen LogP contribution in [0.2, 0.25) is 0 Å². The van der Waals surface area contributed by atoms with Gasteiger partial charge in [0.1, 0.15) is 0 Å². The molecule has 1 aliphatic carbocycles. The minimum absolute atomic E-state index is 0.105. The van der Waals surface area contributed by atoms with Crippen molar-refractivity contribution in [2.75, 3.05) is 29.9 Å². The largest absolute Gasteiger partial charge is 0.368 e. The summed E-state index contributed by atoms with van der Waals surface area (Å²) in [6, 6.07) is 17.6. The molecular weight excluding hydrogens is 364 g/mol. The molecule has 2 amide bonds. The van der Waals surface area contributed by atoms with Crippen LogP contribution in [0.5, 0.6) is 0 Å². The Hall–Kier alpha value is -2.86. The molecule has 6 nitrogen and oxygen atoms in total. The average molecular weight is 393 g/mol. The first kappa shape index (κ1) is 19.5. The van der Waals surface area contributed by atoms with Gasteiger partial charge < -0.3 is 21.3 Å². The van der Waals surface area contributed by atoms with E-state index >= 15 is 0 Å². The first-order chi connectivity index (χ1) is 14.1. The van der Waals surface area contributed by atoms with Crippen LogP contribution >= 0.6 is 0 Å². The fourth-order valence-corrected chi connectivity index (χ4v) is 4.44. The van der Waals surface area contributed by atoms with E-state index < -0.39 is 0 Å². The van der Waals surface area contributed by atoms with Gasteiger partial charge in [0.15, 0.2) is 0 Å². The molecule has 6 heteroatoms. The van der Waals surface area contributed by atoms with E-state index in [4.69, 9.17) is 5.73 Å². The van der Waals surface area contributed by atoms with E-state index in [9.17, 15) is 9.59 Å². The summed E-state index contributed by atoms with van der Waals surface area (Å²) in [6.45, 7) is 2.69. The van der Waals surface area contributed by atoms with Crippen molar-refractivity contribution >= 4 is 23.2 Å². The van der Waals surface area contributed by atoms with Crippen LogP contribution in [0.25, 0.3) is 0 Å². The van der Waals surface area contributed by atoms with Crippen LogP contribution in [0.15, 0.2) is 54.6 Å². The molecule has 0 bridgehead atoms. The number of carbonyl (C=O) groups excluding carboxylic acids is 2. The molecule has 0 radical (unpaired) electrons. The van der Waals surface area contributed by atoms with Crippen molar-refractivity contribution in [2.24, 2.45) is 17.1 Å². The summed E-state index contributed by atoms with van der Waals surface area (Å²) in [5, 5.41) is 6.46. The molecule has 2 aromatic carbocycles. The molecular formula is C23H28N4O2. The van der Waals surface area contributed by atoms with Gasteiger partial charge in [-0.1, -0.05) is 36.4 Å². The summed E-state index contributed by atoms with van der Waals surface area (Å²) in [7, 11) is 0. The molecule has 2 aliphatic rings. The van der Waals surface area contributed by atoms with Crippen molar-refractivity contribution in [3.05, 3.63) is 60.2 Å². The predicted molar refractivity (Wildman–Crippen MR) is 114 cm³/mol. The van der Waals surface area contributed by atoms with Crippen LogP contribution in [0.3, 0.4) is 0 Å². The molecule has 1 heterocycles. The van der Waals surface area contributed by atoms with Crippen LogP contribution in [0.4, 0.5) is 11.4 Å². The summed E-state index contributed by atoms with van der Waals surface area (Å²) in [5.41, 5.74) is 8.39. The lowest BCUT2D eigenvalue weighted by Gasteiger charge is -2.24. The molecule has 2 aromatic rings. The van der Waals surface area contributed by atoms with Gasteiger partial charge >= 0.3 is 0 Å². The maximum Gasteiger partial charge on any atom is 0.236 e. The van der Waals surface area contributed by atoms with Crippen LogP contribution in [-0.2, 0) is 16.1 Å². The fourth-order valence-electron chi connectivity index (χ4n) is 4.44. The zero-order valence-corrected chi connectivity index (χ0v) is 16.6. The third-order valence-electron chi connectivity index (χ3n) is 6.15. The van der Waals surface area contributed by atoms with E-state index in [1.165, 1.54) is 0 Å². The SMILES string of the molecule is NC(=O)CN(Cc1ccccc1)c1cccc(NC(=O)C2CC23CCNCC3)c1. The molecule has 1 saturated heterocycles. The van der Waals surface area contributed by atoms with Gasteiger partial charge in [0.2, 0.25) is 11.8 Å². The number of carbonyl (C=O) groups is 2. The lowest BCUT2D eigenvalue weighted by molar-refractivity contribution is -0.118. The third-order valence-corrected chi connectivity index (χ3v) is 6.15. The van der Waals surface area contributed by atoms with Crippen LogP contribution in [-0.4, -0.2) is 31.4 Å². The molecule has 29 heavy (non-hydrogen) atoms. The number of nitrogens with two attached hydrogens (primary N) is 1. The monoisotopic (exact) mass is 392 g/mol. The Balaban J connectivity index is 1.46. The quantitative estimate of drug-likeness (QED) is 0.676. The molecule has 2 fully saturated rings. The molecule has 1 spiro atoms. The number of anilines is 2. The van der Waals surface area contributed by atoms with E-state index in [1.807, 2.05) is 59.5 Å². The summed E-state index contributed by atoms with van der Waals surface area (Å²) in [4.78, 5) is 26.3. The fraction of sp³-hybridized carbons (Fsp3) is 0.391. The number of hydrogen-bond acceptors (Lipinski definition) is 4. The maximum atomic E-state index is 12.8. The van der Waals surface area contributed by atoms with Gasteiger partial charge in [-0.3, -0.25) is 9.59 Å². The highest BCUT2D eigenvalue weighted by atomic mass is 16.2. The number of amides is 2. The number of benzene rings is 2. The number of rotatable bonds is 7. The molecule has 1 aliphatic heterocycles. The van der Waals surface area contributed by atoms with Gasteiger partial charge in [0.05, 0.1) is 6.54 Å². The van der Waals surface area contributed by atoms with Crippen molar-refractivity contribution in [3.8, 4) is 0 Å². The van der Waals surface area contributed by atoms with Crippen molar-refractivity contribution in [1.82, 2.24) is 5.32 Å². The number of hydrogen-bond donors (Lipinski definition) is 3. The Morgan fingerprint density at radius 3 is 2.59 bits per heavy atom. The van der Waals surface area contributed by atoms with Crippen LogP contribution in [0, 0.1) is 11.3 Å². The van der Waals surface area contributed by atoms with E-state index in [0.717, 1.165) is 49.3 Å². The number of piperidine rings is 1. The average Bonchev–Trinajstić information content (AvgIpc) is 3.41. The lowest BCUT2D eigenvalue weighted by atomic mass is 9.92. The summed E-state index contributed by atoms with van der Waals surface area (Å²) in [6.07, 6.45) is 3.14. The minimum atomic E-state index is -0.388. The standard InChI is InChI=1S/C23H28N4O2/c24-21(28)16-27(15-17-5-2-1-3-6-17)19-8-4-7-18(13-19)26-22(29)20-14-23(20)9-11-25-12-10-23/h1-8,13,20,25H,9-12,14-16H2,(H2,24,28)(H,26,29). The van der Waals surface area contributed by atoms with Gasteiger partial charge in [-0.05, 0) is 61.5 Å². The van der Waals surface area contributed by atoms with Gasteiger partial charge in [-0.25, -0.2) is 0 Å². The summed E-state index contributed by atoms with van der Waals surface area (Å²) in [5.74, 6) is -0.172. The van der Waals surface area contributed by atoms with Crippen molar-refractivity contribution in [1.29, 1.82) is 0 Å². The minimum Gasteiger partial charge on any atom is -0.368 e. The first-order valence-electron chi connectivity index (χ1n) is 10.2. The lowest BCUT2D eigenvalue weighted by Crippen LogP contribution is -2.33. The molecule has 4 N–H and O–H groups in total. The molecule has 152 valence electrons. The Morgan fingerprint density at radius 2 is 1.86 bits per heavy atom. The van der Waals surface area contributed by atoms with Gasteiger partial charge in [0, 0.05) is 23.8 Å². The van der Waals surface area contributed by atoms with E-state index in [2.05, 4.69) is 10.6 Å². The topological polar surface area (TPSA) is 87.5 Å². The highest BCUT2D eigenvalue weighted by Gasteiger charge is 2.57. The van der Waals surface area contributed by atoms with Crippen LogP contribution in [0.1, 0.15) is 24.8 Å². The second-order valence-electron chi connectivity index (χ2n) is 8.22. The van der Waals surface area contributed by atoms with E-state index in [1.54, 1.807) is 0 Å². The molecule has 0 aromatic heterocycles. The van der Waals surface area contributed by atoms with Gasteiger partial charge in [-0.2, -0.15) is 0 Å². The Bertz CT molecular complexity index is 877. The van der Waals surface area contributed by atoms with Gasteiger partial charge in [-0.15, -0.1) is 0 Å². The maximum absolute atomic E-state index is 12.8. The number of nitrogens with one attached hydrogen (secondary N) is 2. The second-order valence-corrected chi connectivity index (χ2v) is 8.22. The second kappa shape index (κ2) is 8.25. The summed E-state index contributed by atoms with van der Waals surface area (Å²) >= 11 is 0. The van der Waals surface area contributed by atoms with Crippen molar-refractivity contribution < 1.29 is 9.59 Å². The third kappa shape index (κ3) is 4.59. The van der Waals surface area contributed by atoms with Gasteiger partial charge in [0.25, 0.3) is 0 Å². The smallest absolute Gasteiger partial charge is 0.236 e. The normalized spacial score (nSPS) is 19.5. The predicted octanol–water partition coefficient (Wildman–Crippen LogP) is 2.51. The zero-order chi connectivity index (χ0) is 20.3. The highest BCUT2D eigenvalue weighted by molar-refractivity contribution is 5.95. The highest BCUT2D eigenvalue weighted by Crippen LogP contribution is 2.58.